The number of halogens is 4. The Morgan fingerprint density at radius 2 is 0.667 bits per heavy atom. The molecule has 0 aromatic rings. The minimum Gasteiger partial charge on any atom is -1.00 e. The van der Waals surface area contributed by atoms with Crippen molar-refractivity contribution >= 4 is 11.0 Å². The molecule has 0 nitrogen and oxygen atoms in total. The van der Waals surface area contributed by atoms with Crippen LogP contribution in [0.5, 0.6) is 0 Å². The molecule has 0 amide bonds. The van der Waals surface area contributed by atoms with Gasteiger partial charge < -0.3 is 1.43 Å². The molecule has 0 rings (SSSR count). The Kier molecular flexibility index (Phi) is 7650. The van der Waals surface area contributed by atoms with Crippen molar-refractivity contribution in [3.8, 4) is 0 Å². The molecule has 6 heavy (non-hydrogen) atoms. The van der Waals surface area contributed by atoms with Gasteiger partial charge in [-0.2, -0.15) is 0 Å². The van der Waals surface area contributed by atoms with Crippen molar-refractivity contribution in [3.63, 3.8) is 0 Å². The second kappa shape index (κ2) is 165. The first-order valence-electron chi connectivity index (χ1n) is 0. The van der Waals surface area contributed by atoms with Gasteiger partial charge >= 0.3 is 29.6 Å². The summed E-state index contributed by atoms with van der Waals surface area (Å²) < 4.78 is 0. The first kappa shape index (κ1) is 279. The fourth-order valence-electron chi connectivity index (χ4n) is 0. The summed E-state index contributed by atoms with van der Waals surface area (Å²) in [7, 11) is 0. The molecule has 0 aromatic heterocycles. The maximum atomic E-state index is 0. The van der Waals surface area contributed by atoms with Crippen molar-refractivity contribution in [3.05, 3.63) is 0 Å². The molecule has 0 saturated carbocycles. The van der Waals surface area contributed by atoms with E-state index >= 15 is 0 Å². The van der Waals surface area contributed by atoms with Crippen molar-refractivity contribution in [1.82, 2.24) is 0 Å². The van der Waals surface area contributed by atoms with Gasteiger partial charge in [-0.1, -0.05) is 0 Å². The van der Waals surface area contributed by atoms with Gasteiger partial charge in [0.05, 0.1) is 0 Å². The number of hydrogen-bond acceptors (Lipinski definition) is 0. The molecule has 0 unspecified atom stereocenters. The van der Waals surface area contributed by atoms with Crippen LogP contribution in [0.4, 0.5) is 18.8 Å². The zero-order valence-corrected chi connectivity index (χ0v) is 6.13. The van der Waals surface area contributed by atoms with E-state index in [-0.39, 0.29) is 60.8 Å². The minimum atomic E-state index is 0. The van der Waals surface area contributed by atoms with Crippen LogP contribution < -0.4 is 29.6 Å². The molecule has 0 saturated heterocycles. The van der Waals surface area contributed by atoms with Crippen molar-refractivity contribution < 1.29 is 49.8 Å². The summed E-state index contributed by atoms with van der Waals surface area (Å²) in [4.78, 5) is 0. The quantitative estimate of drug-likeness (QED) is 0.249. The Labute approximate surface area is 61.0 Å². The maximum absolute atomic E-state index is 0. The predicted octanol–water partition coefficient (Wildman–Crippen LogP) is -2.65. The monoisotopic (exact) mass is 132 g/mol. The van der Waals surface area contributed by atoms with Gasteiger partial charge in [0, 0.05) is 11.0 Å². The normalized spacial score (nSPS) is 0. The van der Waals surface area contributed by atoms with Gasteiger partial charge in [0.2, 0.25) is 0 Å². The molecule has 0 aliphatic carbocycles. The Morgan fingerprint density at radius 1 is 0.667 bits per heavy atom. The van der Waals surface area contributed by atoms with Crippen molar-refractivity contribution in [2.45, 2.75) is 0 Å². The van der Waals surface area contributed by atoms with E-state index in [4.69, 9.17) is 0 Å². The fourth-order valence-corrected chi connectivity index (χ4v) is 0. The number of hydrogen-bond donors (Lipinski definition) is 0. The first-order chi connectivity index (χ1) is 0. The summed E-state index contributed by atoms with van der Waals surface area (Å²) in [5.74, 6) is 0. The third-order valence-electron chi connectivity index (χ3n) is 0. The number of rotatable bonds is 0. The average Bonchev–Trinajstić information content (AvgIpc) is 0. The molecule has 0 aromatic carbocycles. The fraction of sp³-hybridized carbons (Fsp3) is 0. The smallest absolute Gasteiger partial charge is 1.00 e. The van der Waals surface area contributed by atoms with Crippen LogP contribution in [0.3, 0.4) is 0 Å². The van der Waals surface area contributed by atoms with E-state index in [9.17, 15) is 0 Å². The molecular formula is H5F4NaSi. The molecule has 0 fully saturated rings. The third-order valence-corrected chi connectivity index (χ3v) is 0. The van der Waals surface area contributed by atoms with E-state index < -0.39 is 0 Å². The Morgan fingerprint density at radius 3 is 0.667 bits per heavy atom. The molecule has 0 heterocycles. The first-order valence-corrected chi connectivity index (χ1v) is 0. The Balaban J connectivity index is 0. The van der Waals surface area contributed by atoms with Crippen LogP contribution in [0.15, 0.2) is 0 Å². The summed E-state index contributed by atoms with van der Waals surface area (Å²) in [5, 5.41) is 0. The molecule has 0 bridgehead atoms. The van der Waals surface area contributed by atoms with Crippen LogP contribution in [0, 0.1) is 0 Å². The van der Waals surface area contributed by atoms with Crippen LogP contribution in [0.2, 0.25) is 0 Å². The van der Waals surface area contributed by atoms with Gasteiger partial charge in [-0.25, -0.2) is 0 Å². The van der Waals surface area contributed by atoms with Crippen LogP contribution in [-0.2, 0) is 0 Å². The van der Waals surface area contributed by atoms with Crippen molar-refractivity contribution in [1.29, 1.82) is 0 Å². The predicted molar refractivity (Wildman–Crippen MR) is 16.9 cm³/mol. The standard InChI is InChI=1S/4FH.Na.Si.H/h4*1H;;;/q;;;;+1;;-1. The molecule has 0 aliphatic heterocycles. The summed E-state index contributed by atoms with van der Waals surface area (Å²) in [6, 6.07) is 0. The van der Waals surface area contributed by atoms with E-state index in [1.54, 1.807) is 0 Å². The van der Waals surface area contributed by atoms with Crippen LogP contribution >= 0.6 is 0 Å². The zero-order valence-electron chi connectivity index (χ0n) is 4.13. The topological polar surface area (TPSA) is 0 Å². The van der Waals surface area contributed by atoms with Crippen LogP contribution in [0.1, 0.15) is 1.43 Å². The molecule has 6 heteroatoms. The van der Waals surface area contributed by atoms with Gasteiger partial charge in [-0.15, -0.1) is 0 Å². The maximum Gasteiger partial charge on any atom is 1.00 e. The third kappa shape index (κ3) is 87.2. The van der Waals surface area contributed by atoms with Crippen LogP contribution in [-0.4, -0.2) is 11.0 Å². The van der Waals surface area contributed by atoms with Crippen molar-refractivity contribution in [2.75, 3.05) is 0 Å². The van der Waals surface area contributed by atoms with Gasteiger partial charge in [0.1, 0.15) is 0 Å². The molecule has 0 spiro atoms. The summed E-state index contributed by atoms with van der Waals surface area (Å²) >= 11 is 0. The SMILES string of the molecule is F.F.F.F.[H-].[Na+].[Si]. The van der Waals surface area contributed by atoms with Crippen LogP contribution in [0.25, 0.3) is 0 Å². The second-order valence-corrected chi connectivity index (χ2v) is 0. The van der Waals surface area contributed by atoms with E-state index in [1.165, 1.54) is 0 Å². The Bertz CT molecular complexity index is 11.7. The molecule has 38 valence electrons. The summed E-state index contributed by atoms with van der Waals surface area (Å²) in [6.45, 7) is 0. The molecular weight excluding hydrogens is 127 g/mol. The largest absolute Gasteiger partial charge is 1.00 e. The van der Waals surface area contributed by atoms with E-state index in [2.05, 4.69) is 0 Å². The van der Waals surface area contributed by atoms with Gasteiger partial charge in [-0.05, 0) is 0 Å². The molecule has 0 aliphatic rings. The minimum absolute atomic E-state index is 0. The van der Waals surface area contributed by atoms with E-state index in [1.807, 2.05) is 0 Å². The molecule has 4 radical (unpaired) electrons. The van der Waals surface area contributed by atoms with E-state index in [0.717, 1.165) is 0 Å². The summed E-state index contributed by atoms with van der Waals surface area (Å²) in [5.41, 5.74) is 0. The van der Waals surface area contributed by atoms with Gasteiger partial charge in [0.15, 0.2) is 0 Å². The van der Waals surface area contributed by atoms with E-state index in [0.29, 0.717) is 0 Å². The molecule has 0 N–H and O–H groups in total. The molecule has 0 atom stereocenters. The van der Waals surface area contributed by atoms with Gasteiger partial charge in [-0.3, -0.25) is 18.8 Å². The van der Waals surface area contributed by atoms with Crippen molar-refractivity contribution in [2.24, 2.45) is 0 Å². The second-order valence-electron chi connectivity index (χ2n) is 0. The summed E-state index contributed by atoms with van der Waals surface area (Å²) in [6.07, 6.45) is 0. The average molecular weight is 132 g/mol. The zero-order chi connectivity index (χ0) is 0. The van der Waals surface area contributed by atoms with Gasteiger partial charge in [0.25, 0.3) is 0 Å². The Hall–Kier alpha value is 0.937.